The molecular formula is C22H34N4O2. The first-order chi connectivity index (χ1) is 13.8. The van der Waals surface area contributed by atoms with Crippen molar-refractivity contribution in [3.05, 3.63) is 30.1 Å². The monoisotopic (exact) mass is 386 g/mol. The number of pyridine rings is 1. The molecule has 6 heteroatoms. The Morgan fingerprint density at radius 3 is 2.50 bits per heavy atom. The SMILES string of the molecule is O=C(NC[C@@H]1CCCO1)C1CCN(C2CCN(Cc3ccncc3)CC2)CC1. The largest absolute Gasteiger partial charge is 0.376 e. The minimum Gasteiger partial charge on any atom is -0.376 e. The van der Waals surface area contributed by atoms with Crippen LogP contribution in [0.3, 0.4) is 0 Å². The molecule has 0 unspecified atom stereocenters. The van der Waals surface area contributed by atoms with E-state index in [4.69, 9.17) is 4.74 Å². The third kappa shape index (κ3) is 5.31. The van der Waals surface area contributed by atoms with Crippen LogP contribution in [0.25, 0.3) is 0 Å². The summed E-state index contributed by atoms with van der Waals surface area (Å²) in [4.78, 5) is 21.7. The average Bonchev–Trinajstić information content (AvgIpc) is 3.27. The third-order valence-electron chi connectivity index (χ3n) is 6.66. The average molecular weight is 387 g/mol. The van der Waals surface area contributed by atoms with Gasteiger partial charge < -0.3 is 15.0 Å². The van der Waals surface area contributed by atoms with Crippen LogP contribution in [0.4, 0.5) is 0 Å². The molecule has 1 aromatic heterocycles. The van der Waals surface area contributed by atoms with Crippen LogP contribution in [0, 0.1) is 5.92 Å². The van der Waals surface area contributed by atoms with Crippen LogP contribution >= 0.6 is 0 Å². The second-order valence-electron chi connectivity index (χ2n) is 8.55. The Kier molecular flexibility index (Phi) is 6.94. The molecule has 0 saturated carbocycles. The minimum absolute atomic E-state index is 0.185. The quantitative estimate of drug-likeness (QED) is 0.811. The fourth-order valence-electron chi connectivity index (χ4n) is 4.88. The molecule has 3 aliphatic heterocycles. The van der Waals surface area contributed by atoms with Gasteiger partial charge in [-0.25, -0.2) is 0 Å². The van der Waals surface area contributed by atoms with E-state index in [1.54, 1.807) is 0 Å². The standard InChI is InChI=1S/C22H34N4O2/c27-22(24-16-21-2-1-15-28-21)19-5-13-26(14-6-19)20-7-11-25(12-8-20)17-18-3-9-23-10-4-18/h3-4,9-10,19-21H,1-2,5-8,11-17H2,(H,24,27)/t21-/m0/s1. The maximum atomic E-state index is 12.5. The molecule has 1 atom stereocenters. The molecule has 28 heavy (non-hydrogen) atoms. The number of aromatic nitrogens is 1. The number of ether oxygens (including phenoxy) is 1. The van der Waals surface area contributed by atoms with Gasteiger partial charge in [0.25, 0.3) is 0 Å². The fourth-order valence-corrected chi connectivity index (χ4v) is 4.88. The highest BCUT2D eigenvalue weighted by atomic mass is 16.5. The van der Waals surface area contributed by atoms with Gasteiger partial charge in [-0.2, -0.15) is 0 Å². The second kappa shape index (κ2) is 9.81. The van der Waals surface area contributed by atoms with Crippen molar-refractivity contribution in [2.45, 2.75) is 57.2 Å². The zero-order valence-electron chi connectivity index (χ0n) is 16.9. The molecule has 6 nitrogen and oxygen atoms in total. The summed E-state index contributed by atoms with van der Waals surface area (Å²) >= 11 is 0. The number of nitrogens with zero attached hydrogens (tertiary/aromatic N) is 3. The van der Waals surface area contributed by atoms with E-state index < -0.39 is 0 Å². The first-order valence-corrected chi connectivity index (χ1v) is 11.0. The van der Waals surface area contributed by atoms with E-state index >= 15 is 0 Å². The molecule has 3 fully saturated rings. The van der Waals surface area contributed by atoms with Crippen LogP contribution in [0.15, 0.2) is 24.5 Å². The van der Waals surface area contributed by atoms with Crippen molar-refractivity contribution < 1.29 is 9.53 Å². The maximum absolute atomic E-state index is 12.5. The molecule has 0 aliphatic carbocycles. The van der Waals surface area contributed by atoms with E-state index in [-0.39, 0.29) is 17.9 Å². The highest BCUT2D eigenvalue weighted by Crippen LogP contribution is 2.25. The lowest BCUT2D eigenvalue weighted by molar-refractivity contribution is -0.127. The van der Waals surface area contributed by atoms with Crippen molar-refractivity contribution in [3.8, 4) is 0 Å². The Balaban J connectivity index is 1.15. The maximum Gasteiger partial charge on any atom is 0.223 e. The molecule has 154 valence electrons. The second-order valence-corrected chi connectivity index (χ2v) is 8.55. The summed E-state index contributed by atoms with van der Waals surface area (Å²) in [6.07, 6.45) is 10.7. The van der Waals surface area contributed by atoms with Crippen molar-refractivity contribution in [2.75, 3.05) is 39.3 Å². The number of piperidine rings is 2. The molecule has 4 rings (SSSR count). The van der Waals surface area contributed by atoms with Crippen molar-refractivity contribution >= 4 is 5.91 Å². The van der Waals surface area contributed by atoms with Crippen LogP contribution in [-0.2, 0) is 16.1 Å². The minimum atomic E-state index is 0.185. The summed E-state index contributed by atoms with van der Waals surface area (Å²) in [6.45, 7) is 7.02. The normalized spacial score (nSPS) is 25.8. The summed E-state index contributed by atoms with van der Waals surface area (Å²) in [5.41, 5.74) is 1.35. The Morgan fingerprint density at radius 1 is 1.07 bits per heavy atom. The Hall–Kier alpha value is -1.50. The molecule has 3 saturated heterocycles. The molecule has 1 amide bonds. The predicted molar refractivity (Wildman–Crippen MR) is 109 cm³/mol. The Labute approximate surface area is 168 Å². The molecule has 0 radical (unpaired) electrons. The highest BCUT2D eigenvalue weighted by Gasteiger charge is 2.31. The number of likely N-dealkylation sites (tertiary alicyclic amines) is 2. The fraction of sp³-hybridized carbons (Fsp3) is 0.727. The van der Waals surface area contributed by atoms with Gasteiger partial charge in [-0.1, -0.05) is 0 Å². The number of rotatable bonds is 6. The third-order valence-corrected chi connectivity index (χ3v) is 6.66. The van der Waals surface area contributed by atoms with Gasteiger partial charge in [0.05, 0.1) is 6.10 Å². The van der Waals surface area contributed by atoms with E-state index in [9.17, 15) is 4.79 Å². The van der Waals surface area contributed by atoms with Crippen LogP contribution in [0.5, 0.6) is 0 Å². The van der Waals surface area contributed by atoms with Gasteiger partial charge in [-0.3, -0.25) is 14.7 Å². The van der Waals surface area contributed by atoms with E-state index in [1.807, 2.05) is 12.4 Å². The van der Waals surface area contributed by atoms with Crippen LogP contribution in [0.1, 0.15) is 44.1 Å². The van der Waals surface area contributed by atoms with Gasteiger partial charge in [0.15, 0.2) is 0 Å². The lowest BCUT2D eigenvalue weighted by Gasteiger charge is -2.41. The Bertz CT molecular complexity index is 604. The lowest BCUT2D eigenvalue weighted by atomic mass is 9.92. The molecule has 1 N–H and O–H groups in total. The Morgan fingerprint density at radius 2 is 1.82 bits per heavy atom. The first kappa shape index (κ1) is 19.8. The first-order valence-electron chi connectivity index (χ1n) is 11.0. The smallest absolute Gasteiger partial charge is 0.223 e. The van der Waals surface area contributed by atoms with Gasteiger partial charge in [0.2, 0.25) is 5.91 Å². The number of hydrogen-bond donors (Lipinski definition) is 1. The van der Waals surface area contributed by atoms with Crippen LogP contribution in [-0.4, -0.2) is 72.2 Å². The number of carbonyl (C=O) groups is 1. The molecule has 0 bridgehead atoms. The molecular weight excluding hydrogens is 352 g/mol. The van der Waals surface area contributed by atoms with Gasteiger partial charge in [0, 0.05) is 44.0 Å². The zero-order chi connectivity index (χ0) is 19.2. The van der Waals surface area contributed by atoms with Crippen molar-refractivity contribution in [1.82, 2.24) is 20.1 Å². The lowest BCUT2D eigenvalue weighted by Crippen LogP contribution is -2.49. The van der Waals surface area contributed by atoms with E-state index in [0.29, 0.717) is 12.6 Å². The highest BCUT2D eigenvalue weighted by molar-refractivity contribution is 5.78. The molecule has 4 heterocycles. The number of nitrogens with one attached hydrogen (secondary N) is 1. The summed E-state index contributed by atoms with van der Waals surface area (Å²) in [6, 6.07) is 4.91. The van der Waals surface area contributed by atoms with Crippen molar-refractivity contribution in [3.63, 3.8) is 0 Å². The number of hydrogen-bond acceptors (Lipinski definition) is 5. The predicted octanol–water partition coefficient (Wildman–Crippen LogP) is 2.05. The molecule has 0 spiro atoms. The van der Waals surface area contributed by atoms with Gasteiger partial charge in [0.1, 0.15) is 0 Å². The zero-order valence-corrected chi connectivity index (χ0v) is 16.9. The van der Waals surface area contributed by atoms with Gasteiger partial charge >= 0.3 is 0 Å². The van der Waals surface area contributed by atoms with Gasteiger partial charge in [-0.15, -0.1) is 0 Å². The summed E-state index contributed by atoms with van der Waals surface area (Å²) in [5.74, 6) is 0.423. The van der Waals surface area contributed by atoms with E-state index in [1.165, 1.54) is 18.4 Å². The molecule has 0 aromatic carbocycles. The number of amides is 1. The van der Waals surface area contributed by atoms with Crippen LogP contribution in [0.2, 0.25) is 0 Å². The summed E-state index contributed by atoms with van der Waals surface area (Å²) in [7, 11) is 0. The summed E-state index contributed by atoms with van der Waals surface area (Å²) < 4.78 is 5.60. The molecule has 1 aromatic rings. The molecule has 3 aliphatic rings. The van der Waals surface area contributed by atoms with Crippen molar-refractivity contribution in [2.24, 2.45) is 5.92 Å². The topological polar surface area (TPSA) is 57.7 Å². The van der Waals surface area contributed by atoms with Crippen molar-refractivity contribution in [1.29, 1.82) is 0 Å². The van der Waals surface area contributed by atoms with E-state index in [2.05, 4.69) is 32.2 Å². The summed E-state index contributed by atoms with van der Waals surface area (Å²) in [5, 5.41) is 3.12. The number of carbonyl (C=O) groups excluding carboxylic acids is 1. The van der Waals surface area contributed by atoms with Crippen LogP contribution < -0.4 is 5.32 Å². The van der Waals surface area contributed by atoms with Gasteiger partial charge in [-0.05, 0) is 82.4 Å². The van der Waals surface area contributed by atoms with E-state index in [0.717, 1.165) is 65.0 Å².